The Kier molecular flexibility index (Phi) is 10.1. The molecule has 0 aromatic heterocycles. The molecule has 1 atom stereocenters. The zero-order valence-electron chi connectivity index (χ0n) is 16.2. The first-order chi connectivity index (χ1) is 12.2. The number of aliphatic hydroxyl groups is 1. The van der Waals surface area contributed by atoms with Crippen molar-refractivity contribution in [3.63, 3.8) is 0 Å². The molecule has 0 amide bonds. The first-order valence-corrected chi connectivity index (χ1v) is 9.41. The number of nitrogens with zero attached hydrogens (tertiary/aromatic N) is 1. The minimum Gasteiger partial charge on any atom is -0.395 e. The molecule has 1 saturated heterocycles. The van der Waals surface area contributed by atoms with Gasteiger partial charge in [0.2, 0.25) is 0 Å². The molecule has 0 aliphatic carbocycles. The molecule has 1 aromatic rings. The predicted octanol–water partition coefficient (Wildman–Crippen LogP) is 2.86. The van der Waals surface area contributed by atoms with Crippen LogP contribution in [0.4, 0.5) is 0 Å². The zero-order valence-corrected chi connectivity index (χ0v) is 16.2. The lowest BCUT2D eigenvalue weighted by Gasteiger charge is -2.18. The highest BCUT2D eigenvalue weighted by Crippen LogP contribution is 2.23. The molecule has 4 nitrogen and oxygen atoms in total. The third-order valence-corrected chi connectivity index (χ3v) is 4.69. The summed E-state index contributed by atoms with van der Waals surface area (Å²) < 4.78 is 0. The summed E-state index contributed by atoms with van der Waals surface area (Å²) in [6.07, 6.45) is 5.11. The molecule has 1 unspecified atom stereocenters. The minimum atomic E-state index is 0.204. The fourth-order valence-electron chi connectivity index (χ4n) is 3.36. The molecule has 1 heterocycles. The van der Waals surface area contributed by atoms with Crippen molar-refractivity contribution in [2.75, 3.05) is 32.8 Å². The van der Waals surface area contributed by atoms with E-state index in [9.17, 15) is 4.79 Å². The maximum absolute atomic E-state index is 10.7. The van der Waals surface area contributed by atoms with Crippen molar-refractivity contribution >= 4 is 6.29 Å². The van der Waals surface area contributed by atoms with Gasteiger partial charge in [-0.25, -0.2) is 0 Å². The van der Waals surface area contributed by atoms with E-state index in [1.54, 1.807) is 0 Å². The number of β-amino-alcohol motifs (C(OH)–C–C–N with tert-alkyl or cyclic N) is 1. The normalized spacial score (nSPS) is 17.8. The summed E-state index contributed by atoms with van der Waals surface area (Å²) in [5.41, 5.74) is 5.15. The van der Waals surface area contributed by atoms with E-state index >= 15 is 0 Å². The van der Waals surface area contributed by atoms with Gasteiger partial charge in [-0.3, -0.25) is 0 Å². The predicted molar refractivity (Wildman–Crippen MR) is 105 cm³/mol. The minimum absolute atomic E-state index is 0.204. The van der Waals surface area contributed by atoms with Crippen molar-refractivity contribution in [1.82, 2.24) is 10.2 Å². The highest BCUT2D eigenvalue weighted by atomic mass is 16.3. The lowest BCUT2D eigenvalue weighted by atomic mass is 9.97. The Morgan fingerprint density at radius 3 is 2.60 bits per heavy atom. The number of aliphatic hydroxyl groups excluding tert-OH is 1. The standard InChI is InChI=1S/C19H28N2O2.C2H6/c1-15-4-3-5-16(2)18(15)6-7-19(20-9-12-22)17-8-10-21(14-17)11-13-23;1-2/h3-5,7,12,17,20,23H,6,8-11,13-14H2,1-2H3;1-2H3. The smallest absolute Gasteiger partial charge is 0.139 e. The van der Waals surface area contributed by atoms with Gasteiger partial charge in [-0.2, -0.15) is 0 Å². The first-order valence-electron chi connectivity index (χ1n) is 9.41. The third-order valence-electron chi connectivity index (χ3n) is 4.69. The van der Waals surface area contributed by atoms with Crippen LogP contribution in [0.1, 0.15) is 37.0 Å². The number of carbonyl (C=O) groups is 1. The zero-order chi connectivity index (χ0) is 18.7. The lowest BCUT2D eigenvalue weighted by Crippen LogP contribution is -2.27. The van der Waals surface area contributed by atoms with Gasteiger partial charge < -0.3 is 20.1 Å². The second kappa shape index (κ2) is 11.8. The van der Waals surface area contributed by atoms with E-state index in [-0.39, 0.29) is 6.61 Å². The molecule has 2 N–H and O–H groups in total. The van der Waals surface area contributed by atoms with Gasteiger partial charge in [0, 0.05) is 24.7 Å². The number of aryl methyl sites for hydroxylation is 2. The molecule has 2 rings (SSSR count). The maximum Gasteiger partial charge on any atom is 0.139 e. The topological polar surface area (TPSA) is 52.6 Å². The van der Waals surface area contributed by atoms with E-state index in [0.717, 1.165) is 38.8 Å². The summed E-state index contributed by atoms with van der Waals surface area (Å²) >= 11 is 0. The first kappa shape index (κ1) is 21.4. The summed E-state index contributed by atoms with van der Waals surface area (Å²) in [6.45, 7) is 11.5. The van der Waals surface area contributed by atoms with Crippen LogP contribution in [0.3, 0.4) is 0 Å². The second-order valence-electron chi connectivity index (χ2n) is 6.29. The number of aldehydes is 1. The quantitative estimate of drug-likeness (QED) is 0.711. The molecule has 4 heteroatoms. The third kappa shape index (κ3) is 6.63. The van der Waals surface area contributed by atoms with Gasteiger partial charge in [-0.1, -0.05) is 38.1 Å². The van der Waals surface area contributed by atoms with Crippen LogP contribution in [0.15, 0.2) is 30.0 Å². The maximum atomic E-state index is 10.7. The van der Waals surface area contributed by atoms with Gasteiger partial charge in [-0.15, -0.1) is 0 Å². The SMILES string of the molecule is CC.Cc1cccc(C)c1CC=C(NCC=O)C1CCN(CCO)C1. The van der Waals surface area contributed by atoms with Crippen LogP contribution in [0.25, 0.3) is 0 Å². The van der Waals surface area contributed by atoms with E-state index in [4.69, 9.17) is 5.11 Å². The molecule has 0 radical (unpaired) electrons. The van der Waals surface area contributed by atoms with Crippen molar-refractivity contribution < 1.29 is 9.90 Å². The number of allylic oxidation sites excluding steroid dienone is 1. The summed E-state index contributed by atoms with van der Waals surface area (Å²) in [4.78, 5) is 13.0. The van der Waals surface area contributed by atoms with Gasteiger partial charge in [-0.05, 0) is 49.9 Å². The number of benzene rings is 1. The Hall–Kier alpha value is -1.65. The average Bonchev–Trinajstić information content (AvgIpc) is 3.07. The van der Waals surface area contributed by atoms with Gasteiger partial charge in [0.25, 0.3) is 0 Å². The van der Waals surface area contributed by atoms with E-state index in [0.29, 0.717) is 12.5 Å². The highest BCUT2D eigenvalue weighted by molar-refractivity contribution is 5.52. The van der Waals surface area contributed by atoms with Crippen LogP contribution < -0.4 is 5.32 Å². The molecular weight excluding hydrogens is 312 g/mol. The van der Waals surface area contributed by atoms with Crippen molar-refractivity contribution in [3.05, 3.63) is 46.7 Å². The molecule has 1 fully saturated rings. The molecule has 0 bridgehead atoms. The fraction of sp³-hybridized carbons (Fsp3) is 0.571. The Labute approximate surface area is 152 Å². The molecule has 140 valence electrons. The monoisotopic (exact) mass is 346 g/mol. The van der Waals surface area contributed by atoms with E-state index in [1.807, 2.05) is 13.8 Å². The molecule has 25 heavy (non-hydrogen) atoms. The second-order valence-corrected chi connectivity index (χ2v) is 6.29. The Bertz CT molecular complexity index is 535. The molecule has 1 aromatic carbocycles. The number of rotatable bonds is 8. The average molecular weight is 347 g/mol. The summed E-state index contributed by atoms with van der Waals surface area (Å²) in [5, 5.41) is 12.4. The molecular formula is C21H34N2O2. The molecule has 0 spiro atoms. The molecule has 1 aliphatic rings. The van der Waals surface area contributed by atoms with Crippen LogP contribution in [0, 0.1) is 19.8 Å². The number of likely N-dealkylation sites (tertiary alicyclic amines) is 1. The van der Waals surface area contributed by atoms with Gasteiger partial charge in [0.05, 0.1) is 13.2 Å². The number of hydrogen-bond acceptors (Lipinski definition) is 4. The van der Waals surface area contributed by atoms with Crippen molar-refractivity contribution in [1.29, 1.82) is 0 Å². The number of carbonyl (C=O) groups excluding carboxylic acids is 1. The summed E-state index contributed by atoms with van der Waals surface area (Å²) in [5.74, 6) is 0.422. The largest absolute Gasteiger partial charge is 0.395 e. The van der Waals surface area contributed by atoms with Gasteiger partial charge >= 0.3 is 0 Å². The fourth-order valence-corrected chi connectivity index (χ4v) is 3.36. The van der Waals surface area contributed by atoms with Crippen molar-refractivity contribution in [2.45, 2.75) is 40.5 Å². The van der Waals surface area contributed by atoms with Gasteiger partial charge in [0.1, 0.15) is 6.29 Å². The van der Waals surface area contributed by atoms with Crippen molar-refractivity contribution in [2.24, 2.45) is 5.92 Å². The van der Waals surface area contributed by atoms with Crippen LogP contribution in [-0.4, -0.2) is 49.1 Å². The van der Waals surface area contributed by atoms with Crippen LogP contribution >= 0.6 is 0 Å². The van der Waals surface area contributed by atoms with Crippen LogP contribution in [-0.2, 0) is 11.2 Å². The highest BCUT2D eigenvalue weighted by Gasteiger charge is 2.24. The van der Waals surface area contributed by atoms with E-state index < -0.39 is 0 Å². The molecule has 0 saturated carbocycles. The Morgan fingerprint density at radius 1 is 1.32 bits per heavy atom. The van der Waals surface area contributed by atoms with Crippen LogP contribution in [0.2, 0.25) is 0 Å². The van der Waals surface area contributed by atoms with E-state index in [1.165, 1.54) is 22.4 Å². The van der Waals surface area contributed by atoms with E-state index in [2.05, 4.69) is 48.3 Å². The van der Waals surface area contributed by atoms with Crippen molar-refractivity contribution in [3.8, 4) is 0 Å². The number of nitrogens with one attached hydrogen (secondary N) is 1. The van der Waals surface area contributed by atoms with Gasteiger partial charge in [0.15, 0.2) is 0 Å². The Balaban J connectivity index is 0.00000151. The lowest BCUT2D eigenvalue weighted by molar-refractivity contribution is -0.107. The molecule has 1 aliphatic heterocycles. The Morgan fingerprint density at radius 2 is 2.00 bits per heavy atom. The number of hydrogen-bond donors (Lipinski definition) is 2. The van der Waals surface area contributed by atoms with Crippen LogP contribution in [0.5, 0.6) is 0 Å². The summed E-state index contributed by atoms with van der Waals surface area (Å²) in [7, 11) is 0. The summed E-state index contributed by atoms with van der Waals surface area (Å²) in [6, 6.07) is 6.38.